The molecule has 0 aliphatic carbocycles. The predicted molar refractivity (Wildman–Crippen MR) is 64.2 cm³/mol. The summed E-state index contributed by atoms with van der Waals surface area (Å²) in [5, 5.41) is 0. The van der Waals surface area contributed by atoms with E-state index < -0.39 is 0 Å². The van der Waals surface area contributed by atoms with Crippen molar-refractivity contribution < 1.29 is 19.1 Å². The van der Waals surface area contributed by atoms with Crippen LogP contribution in [0.4, 0.5) is 0 Å². The summed E-state index contributed by atoms with van der Waals surface area (Å²) in [5.74, 6) is 0.0372. The third-order valence-corrected chi connectivity index (χ3v) is 3.85. The molecule has 1 rings (SSSR count). The van der Waals surface area contributed by atoms with Gasteiger partial charge in [0, 0.05) is 5.75 Å². The van der Waals surface area contributed by atoms with Crippen LogP contribution in [0.2, 0.25) is 0 Å². The lowest BCUT2D eigenvalue weighted by molar-refractivity contribution is -0.144. The van der Waals surface area contributed by atoms with Gasteiger partial charge in [-0.1, -0.05) is 24.0 Å². The number of ether oxygens (including phenoxy) is 2. The molecule has 0 bridgehead atoms. The summed E-state index contributed by atoms with van der Waals surface area (Å²) >= 11 is 6.56. The summed E-state index contributed by atoms with van der Waals surface area (Å²) in [7, 11) is 2.66. The number of hydrogen-bond donors (Lipinski definition) is 0. The highest BCUT2D eigenvalue weighted by atomic mass is 32.2. The highest BCUT2D eigenvalue weighted by Gasteiger charge is 2.32. The Balaban J connectivity index is 2.59. The number of thiocarbonyl (C=S) groups is 1. The number of carbonyl (C=O) groups is 2. The molecule has 1 aliphatic rings. The summed E-state index contributed by atoms with van der Waals surface area (Å²) in [6.07, 6.45) is 0.237. The number of nitrogens with zero attached hydrogens (tertiary/aromatic N) is 1. The average Bonchev–Trinajstić information content (AvgIpc) is 2.61. The Morgan fingerprint density at radius 3 is 2.62 bits per heavy atom. The molecule has 1 heterocycles. The Kier molecular flexibility index (Phi) is 5.01. The molecule has 1 unspecified atom stereocenters. The second-order valence-electron chi connectivity index (χ2n) is 3.22. The highest BCUT2D eigenvalue weighted by molar-refractivity contribution is 8.23. The van der Waals surface area contributed by atoms with Crippen molar-refractivity contribution in [3.63, 3.8) is 0 Å². The van der Waals surface area contributed by atoms with Gasteiger partial charge >= 0.3 is 11.9 Å². The SMILES string of the molecule is COC(=O)CC1CSC(=S)N1CC(=O)OC. The van der Waals surface area contributed by atoms with Crippen molar-refractivity contribution in [3.05, 3.63) is 0 Å². The minimum absolute atomic E-state index is 0.0796. The lowest BCUT2D eigenvalue weighted by Gasteiger charge is -2.23. The van der Waals surface area contributed by atoms with Gasteiger partial charge in [0.2, 0.25) is 0 Å². The fourth-order valence-corrected chi connectivity index (χ4v) is 2.76. The molecule has 0 spiro atoms. The van der Waals surface area contributed by atoms with Crippen molar-refractivity contribution in [1.29, 1.82) is 0 Å². The molecule has 0 saturated carbocycles. The van der Waals surface area contributed by atoms with Crippen LogP contribution in [0.25, 0.3) is 0 Å². The van der Waals surface area contributed by atoms with E-state index in [0.717, 1.165) is 0 Å². The van der Waals surface area contributed by atoms with Crippen LogP contribution < -0.4 is 0 Å². The first kappa shape index (κ1) is 13.2. The Hall–Kier alpha value is -0.820. The molecule has 7 heteroatoms. The van der Waals surface area contributed by atoms with E-state index in [-0.39, 0.29) is 30.9 Å². The number of esters is 2. The zero-order valence-electron chi connectivity index (χ0n) is 9.10. The number of methoxy groups -OCH3 is 2. The third kappa shape index (κ3) is 3.34. The van der Waals surface area contributed by atoms with Crippen LogP contribution >= 0.6 is 24.0 Å². The standard InChI is InChI=1S/C9H13NO4S2/c1-13-7(11)3-6-5-16-9(15)10(6)4-8(12)14-2/h6H,3-5H2,1-2H3. The monoisotopic (exact) mass is 263 g/mol. The fourth-order valence-electron chi connectivity index (χ4n) is 1.33. The molecule has 1 atom stereocenters. The van der Waals surface area contributed by atoms with Crippen molar-refractivity contribution in [1.82, 2.24) is 4.90 Å². The first-order valence-electron chi connectivity index (χ1n) is 4.65. The first-order chi connectivity index (χ1) is 7.58. The minimum atomic E-state index is -0.361. The molecule has 90 valence electrons. The van der Waals surface area contributed by atoms with Gasteiger partial charge in [0.1, 0.15) is 10.9 Å². The third-order valence-electron chi connectivity index (χ3n) is 2.23. The van der Waals surface area contributed by atoms with Gasteiger partial charge in [-0.3, -0.25) is 9.59 Å². The maximum absolute atomic E-state index is 11.2. The molecule has 0 amide bonds. The van der Waals surface area contributed by atoms with Crippen LogP contribution in [0, 0.1) is 0 Å². The molecule has 0 radical (unpaired) electrons. The van der Waals surface area contributed by atoms with Crippen molar-refractivity contribution >= 4 is 40.2 Å². The number of carbonyl (C=O) groups excluding carboxylic acids is 2. The van der Waals surface area contributed by atoms with E-state index in [4.69, 9.17) is 12.2 Å². The maximum Gasteiger partial charge on any atom is 0.325 e. The number of thioether (sulfide) groups is 1. The predicted octanol–water partition coefficient (Wildman–Crippen LogP) is 0.425. The molecular formula is C9H13NO4S2. The Morgan fingerprint density at radius 1 is 1.44 bits per heavy atom. The summed E-state index contributed by atoms with van der Waals surface area (Å²) in [6.45, 7) is 0.0873. The molecule has 0 N–H and O–H groups in total. The average molecular weight is 263 g/mol. The summed E-state index contributed by atoms with van der Waals surface area (Å²) < 4.78 is 9.79. The fraction of sp³-hybridized carbons (Fsp3) is 0.667. The molecule has 16 heavy (non-hydrogen) atoms. The Labute approximate surface area is 103 Å². The molecule has 0 aromatic carbocycles. The van der Waals surface area contributed by atoms with Gasteiger partial charge in [-0.15, -0.1) is 0 Å². The van der Waals surface area contributed by atoms with E-state index in [9.17, 15) is 9.59 Å². The van der Waals surface area contributed by atoms with Crippen LogP contribution in [-0.2, 0) is 19.1 Å². The van der Waals surface area contributed by atoms with Gasteiger partial charge in [0.15, 0.2) is 0 Å². The van der Waals surface area contributed by atoms with Crippen molar-refractivity contribution in [2.45, 2.75) is 12.5 Å². The largest absolute Gasteiger partial charge is 0.469 e. The van der Waals surface area contributed by atoms with Crippen LogP contribution in [0.3, 0.4) is 0 Å². The number of hydrogen-bond acceptors (Lipinski definition) is 6. The van der Waals surface area contributed by atoms with E-state index in [1.54, 1.807) is 4.90 Å². The van der Waals surface area contributed by atoms with Crippen LogP contribution in [-0.4, -0.2) is 53.7 Å². The maximum atomic E-state index is 11.2. The summed E-state index contributed by atoms with van der Waals surface area (Å²) in [4.78, 5) is 24.0. The van der Waals surface area contributed by atoms with Gasteiger partial charge < -0.3 is 14.4 Å². The number of rotatable bonds is 4. The summed E-state index contributed by atoms with van der Waals surface area (Å²) in [6, 6.07) is -0.0796. The molecular weight excluding hydrogens is 250 g/mol. The topological polar surface area (TPSA) is 55.8 Å². The smallest absolute Gasteiger partial charge is 0.325 e. The van der Waals surface area contributed by atoms with E-state index in [1.807, 2.05) is 0 Å². The second kappa shape index (κ2) is 6.05. The zero-order chi connectivity index (χ0) is 12.1. The normalized spacial score (nSPS) is 19.8. The van der Waals surface area contributed by atoms with Crippen LogP contribution in [0.5, 0.6) is 0 Å². The minimum Gasteiger partial charge on any atom is -0.469 e. The zero-order valence-corrected chi connectivity index (χ0v) is 10.7. The molecule has 0 aromatic rings. The second-order valence-corrected chi connectivity index (χ2v) is 4.87. The van der Waals surface area contributed by atoms with E-state index in [0.29, 0.717) is 10.1 Å². The van der Waals surface area contributed by atoms with Crippen LogP contribution in [0.15, 0.2) is 0 Å². The van der Waals surface area contributed by atoms with Gasteiger partial charge in [-0.05, 0) is 0 Å². The lowest BCUT2D eigenvalue weighted by atomic mass is 10.2. The molecule has 1 saturated heterocycles. The van der Waals surface area contributed by atoms with Crippen molar-refractivity contribution in [2.75, 3.05) is 26.5 Å². The molecule has 5 nitrogen and oxygen atoms in total. The summed E-state index contributed by atoms with van der Waals surface area (Å²) in [5.41, 5.74) is 0. The van der Waals surface area contributed by atoms with Gasteiger partial charge in [0.05, 0.1) is 26.7 Å². The quantitative estimate of drug-likeness (QED) is 0.538. The van der Waals surface area contributed by atoms with Crippen molar-refractivity contribution in [3.8, 4) is 0 Å². The van der Waals surface area contributed by atoms with Crippen molar-refractivity contribution in [2.24, 2.45) is 0 Å². The van der Waals surface area contributed by atoms with E-state index in [1.165, 1.54) is 26.0 Å². The van der Waals surface area contributed by atoms with Gasteiger partial charge in [-0.2, -0.15) is 0 Å². The Bertz CT molecular complexity index is 308. The lowest BCUT2D eigenvalue weighted by Crippen LogP contribution is -2.39. The molecule has 1 fully saturated rings. The first-order valence-corrected chi connectivity index (χ1v) is 6.05. The van der Waals surface area contributed by atoms with E-state index >= 15 is 0 Å². The highest BCUT2D eigenvalue weighted by Crippen LogP contribution is 2.26. The van der Waals surface area contributed by atoms with Gasteiger partial charge in [0.25, 0.3) is 0 Å². The van der Waals surface area contributed by atoms with Crippen LogP contribution in [0.1, 0.15) is 6.42 Å². The molecule has 1 aliphatic heterocycles. The van der Waals surface area contributed by atoms with E-state index in [2.05, 4.69) is 9.47 Å². The van der Waals surface area contributed by atoms with Gasteiger partial charge in [-0.25, -0.2) is 0 Å². The Morgan fingerprint density at radius 2 is 2.06 bits per heavy atom. The molecule has 0 aromatic heterocycles.